The van der Waals surface area contributed by atoms with Crippen LogP contribution in [0.4, 0.5) is 51.8 Å². The monoisotopic (exact) mass is 481 g/mol. The molecule has 0 aliphatic carbocycles. The van der Waals surface area contributed by atoms with Gasteiger partial charge >= 0.3 is 147 Å². The second-order valence-electron chi connectivity index (χ2n) is 4.99. The molecule has 2 aromatic carbocycles. The standard InChI is InChI=1S/C13H9O.3BF4.K/c14-13(11-7-3-1-4-8-11)12-9-5-2-6-10-12;3*2-1(3,4)5;/h1-9H;;;;/q;3*-1;. The maximum absolute atomic E-state index is 12.1. The Hall–Kier alpha value is -0.899. The van der Waals surface area contributed by atoms with Crippen molar-refractivity contribution in [1.29, 1.82) is 0 Å². The molecule has 17 heteroatoms. The molecule has 2 rings (SSSR count). The van der Waals surface area contributed by atoms with E-state index in [2.05, 4.69) is 0 Å². The molecule has 0 spiro atoms. The van der Waals surface area contributed by atoms with E-state index in [0.717, 1.165) is 11.1 Å². The van der Waals surface area contributed by atoms with E-state index in [1.165, 1.54) is -0.342 Å². The Kier molecular flexibility index (Phi) is 14.8. The summed E-state index contributed by atoms with van der Waals surface area (Å²) < 4.78 is 118. The fraction of sp³-hybridized carbons (Fsp3) is 0. The van der Waals surface area contributed by atoms with Gasteiger partial charge in [0.05, 0.1) is 0 Å². The van der Waals surface area contributed by atoms with E-state index < -0.39 is 21.8 Å². The molecule has 0 N–H and O–H groups in total. The summed E-state index contributed by atoms with van der Waals surface area (Å²) in [5, 5.41) is 0. The molecule has 0 saturated carbocycles. The molecule has 0 aliphatic rings. The number of benzene rings is 2. The van der Waals surface area contributed by atoms with Gasteiger partial charge in [-0.1, -0.05) is 0 Å². The Morgan fingerprint density at radius 2 is 0.867 bits per heavy atom. The van der Waals surface area contributed by atoms with Gasteiger partial charge in [0.15, 0.2) is 0 Å². The van der Waals surface area contributed by atoms with Crippen LogP contribution in [-0.4, -0.2) is 76.5 Å². The first kappa shape index (κ1) is 31.3. The van der Waals surface area contributed by atoms with Crippen LogP contribution >= 0.6 is 0 Å². The normalized spacial score (nSPS) is 11.0. The molecule has 0 aromatic heterocycles. The molecule has 0 saturated heterocycles. The molecule has 0 radical (unpaired) electrons. The molecule has 0 aliphatic heterocycles. The van der Waals surface area contributed by atoms with Crippen molar-refractivity contribution in [2.45, 2.75) is 0 Å². The van der Waals surface area contributed by atoms with Crippen molar-refractivity contribution >= 4 is 76.2 Å². The minimum absolute atomic E-state index is 0.138. The van der Waals surface area contributed by atoms with Gasteiger partial charge in [0.25, 0.3) is 0 Å². The molecular weight excluding hydrogens is 472 g/mol. The molecule has 0 atom stereocenters. The second kappa shape index (κ2) is 14.2. The summed E-state index contributed by atoms with van der Waals surface area (Å²) in [6.45, 7) is 0. The third-order valence-electron chi connectivity index (χ3n) is 2.43. The number of carbonyl (C=O) groups excluding carboxylic acids is 1. The van der Waals surface area contributed by atoms with Gasteiger partial charge in [-0.25, -0.2) is 0 Å². The van der Waals surface area contributed by atoms with Crippen LogP contribution in [0.5, 0.6) is 0 Å². The van der Waals surface area contributed by atoms with Gasteiger partial charge in [-0.05, 0) is 0 Å². The summed E-state index contributed by atoms with van der Waals surface area (Å²) in [6, 6.07) is 17.3. The Labute approximate surface area is 197 Å². The second-order valence-corrected chi connectivity index (χ2v) is 6.68. The number of carbonyl (C=O) groups is 1. The number of rotatable bonds is 2. The molecule has 2 aromatic rings. The molecule has 0 heterocycles. The SMILES string of the molecule is F[B-](F)(F)F.F[B-](F)(F)F.F[B-](F)(F)F.O=C(c1ccccc1)c1cccc[c]1[K]. The van der Waals surface area contributed by atoms with Crippen LogP contribution in [-0.2, 0) is 0 Å². The fourth-order valence-corrected chi connectivity index (χ4v) is 2.49. The van der Waals surface area contributed by atoms with Crippen molar-refractivity contribution in [2.24, 2.45) is 0 Å². The van der Waals surface area contributed by atoms with E-state index in [1.807, 2.05) is 54.6 Å². The predicted molar refractivity (Wildman–Crippen MR) is 92.3 cm³/mol. The van der Waals surface area contributed by atoms with Crippen LogP contribution in [0.25, 0.3) is 0 Å². The first-order chi connectivity index (χ1) is 13.3. The van der Waals surface area contributed by atoms with E-state index >= 15 is 0 Å². The summed E-state index contributed by atoms with van der Waals surface area (Å²) in [6.07, 6.45) is 0. The van der Waals surface area contributed by atoms with Crippen LogP contribution in [0.15, 0.2) is 54.6 Å². The van der Waals surface area contributed by atoms with Gasteiger partial charge in [0, 0.05) is 0 Å². The molecule has 164 valence electrons. The van der Waals surface area contributed by atoms with Gasteiger partial charge < -0.3 is 51.8 Å². The van der Waals surface area contributed by atoms with E-state index in [1.54, 1.807) is 0 Å². The fourth-order valence-electron chi connectivity index (χ4n) is 1.57. The zero-order valence-corrected chi connectivity index (χ0v) is 18.0. The minimum atomic E-state index is -6.00. The predicted octanol–water partition coefficient (Wildman–Crippen LogP) is 5.61. The van der Waals surface area contributed by atoms with Gasteiger partial charge in [-0.3, -0.25) is 0 Å². The van der Waals surface area contributed by atoms with Crippen molar-refractivity contribution in [3.63, 3.8) is 0 Å². The van der Waals surface area contributed by atoms with Crippen molar-refractivity contribution in [3.05, 3.63) is 65.7 Å². The van der Waals surface area contributed by atoms with Gasteiger partial charge in [-0.2, -0.15) is 0 Å². The number of hydrogen-bond acceptors (Lipinski definition) is 1. The average Bonchev–Trinajstić information content (AvgIpc) is 2.51. The van der Waals surface area contributed by atoms with Crippen molar-refractivity contribution in [3.8, 4) is 0 Å². The third-order valence-corrected chi connectivity index (χ3v) is 3.79. The summed E-state index contributed by atoms with van der Waals surface area (Å²) in [7, 11) is -18.0. The Morgan fingerprint density at radius 1 is 0.567 bits per heavy atom. The Bertz CT molecular complexity index is 703. The van der Waals surface area contributed by atoms with Crippen molar-refractivity contribution in [1.82, 2.24) is 0 Å². The molecule has 30 heavy (non-hydrogen) atoms. The van der Waals surface area contributed by atoms with Crippen LogP contribution in [0.1, 0.15) is 15.9 Å². The molecular formula is C13H9B3F12KO-3. The Balaban J connectivity index is 0. The molecule has 0 unspecified atom stereocenters. The number of hydrogen-bond donors (Lipinski definition) is 0. The summed E-state index contributed by atoms with van der Waals surface area (Å²) >= 11 is 0.536. The first-order valence-corrected chi connectivity index (χ1v) is 9.12. The molecule has 0 amide bonds. The Morgan fingerprint density at radius 3 is 1.20 bits per heavy atom. The van der Waals surface area contributed by atoms with Gasteiger partial charge in [0.1, 0.15) is 0 Å². The zero-order chi connectivity index (χ0) is 24.2. The van der Waals surface area contributed by atoms with Gasteiger partial charge in [0.2, 0.25) is 0 Å². The van der Waals surface area contributed by atoms with Crippen LogP contribution < -0.4 is -0.342 Å². The van der Waals surface area contributed by atoms with Crippen molar-refractivity contribution < 1.29 is 56.6 Å². The molecule has 1 nitrogen and oxygen atoms in total. The van der Waals surface area contributed by atoms with Crippen molar-refractivity contribution in [2.75, 3.05) is 0 Å². The number of ketones is 1. The van der Waals surface area contributed by atoms with E-state index in [9.17, 15) is 56.6 Å². The van der Waals surface area contributed by atoms with Gasteiger partial charge in [-0.15, -0.1) is 0 Å². The van der Waals surface area contributed by atoms with Crippen LogP contribution in [0, 0.1) is 0 Å². The van der Waals surface area contributed by atoms with Crippen LogP contribution in [0.3, 0.4) is 0 Å². The van der Waals surface area contributed by atoms with E-state index in [0.29, 0.717) is 49.0 Å². The maximum atomic E-state index is 12.1. The number of halogens is 12. The van der Waals surface area contributed by atoms with E-state index in [-0.39, 0.29) is 5.78 Å². The third kappa shape index (κ3) is 27.1. The van der Waals surface area contributed by atoms with E-state index in [4.69, 9.17) is 0 Å². The first-order valence-electron chi connectivity index (χ1n) is 7.56. The van der Waals surface area contributed by atoms with Crippen LogP contribution in [0.2, 0.25) is 0 Å². The summed E-state index contributed by atoms with van der Waals surface area (Å²) in [5.41, 5.74) is 1.64. The topological polar surface area (TPSA) is 17.1 Å². The zero-order valence-electron chi connectivity index (χ0n) is 14.9. The molecule has 0 bridgehead atoms. The average molecular weight is 481 g/mol. The summed E-state index contributed by atoms with van der Waals surface area (Å²) in [5.74, 6) is 0.138. The summed E-state index contributed by atoms with van der Waals surface area (Å²) in [4.78, 5) is 12.1. The molecule has 0 fully saturated rings. The quantitative estimate of drug-likeness (QED) is 0.310.